The molecule has 0 bridgehead atoms. The number of carbonyl (C=O) groups excluding carboxylic acids is 2. The van der Waals surface area contributed by atoms with Crippen LogP contribution in [0.3, 0.4) is 0 Å². The first kappa shape index (κ1) is 23.0. The van der Waals surface area contributed by atoms with Gasteiger partial charge in [0.1, 0.15) is 17.4 Å². The van der Waals surface area contributed by atoms with E-state index in [0.717, 1.165) is 0 Å². The third-order valence-corrected chi connectivity index (χ3v) is 6.15. The zero-order valence-electron chi connectivity index (χ0n) is 17.9. The highest BCUT2D eigenvalue weighted by Gasteiger charge is 2.39. The number of ketones is 1. The third kappa shape index (κ3) is 4.64. The highest BCUT2D eigenvalue weighted by molar-refractivity contribution is 6.21. The summed E-state index contributed by atoms with van der Waals surface area (Å²) in [6.07, 6.45) is -1.71. The van der Waals surface area contributed by atoms with Crippen LogP contribution in [0.2, 0.25) is 0 Å². The van der Waals surface area contributed by atoms with Gasteiger partial charge < -0.3 is 10.3 Å². The number of hydrogen-bond acceptors (Lipinski definition) is 4. The Bertz CT molecular complexity index is 1120. The quantitative estimate of drug-likeness (QED) is 0.609. The minimum absolute atomic E-state index is 0.0359. The fraction of sp³-hybridized carbons (Fsp3) is 0.333. The second-order valence-electron chi connectivity index (χ2n) is 8.18. The number of amides is 1. The molecule has 2 aliphatic rings. The molecule has 0 saturated heterocycles. The Morgan fingerprint density at radius 3 is 2.58 bits per heavy atom. The van der Waals surface area contributed by atoms with Crippen molar-refractivity contribution in [2.24, 2.45) is 5.92 Å². The minimum atomic E-state index is -2.64. The predicted molar refractivity (Wildman–Crippen MR) is 114 cm³/mol. The molecule has 2 aromatic rings. The zero-order chi connectivity index (χ0) is 23.7. The van der Waals surface area contributed by atoms with E-state index in [-0.39, 0.29) is 23.5 Å². The number of benzene rings is 2. The molecule has 0 aromatic heterocycles. The molecule has 2 aromatic carbocycles. The molecule has 0 radical (unpaired) electrons. The van der Waals surface area contributed by atoms with Gasteiger partial charge in [0.05, 0.1) is 24.7 Å². The van der Waals surface area contributed by atoms with Gasteiger partial charge in [-0.1, -0.05) is 24.3 Å². The van der Waals surface area contributed by atoms with Crippen LogP contribution < -0.4 is 10.7 Å². The first-order valence-corrected chi connectivity index (χ1v) is 10.6. The van der Waals surface area contributed by atoms with Crippen LogP contribution in [0, 0.1) is 17.6 Å². The molecule has 1 saturated carbocycles. The SMILES string of the molecule is CC1=C(C(=O)N[C@H](c2cccc(F)c2)C2CCC2=O)c2cccc(F)c2CN1NCC(F)F. The average Bonchev–Trinajstić information content (AvgIpc) is 2.76. The molecule has 1 fully saturated rings. The Morgan fingerprint density at radius 2 is 1.94 bits per heavy atom. The first-order chi connectivity index (χ1) is 15.8. The summed E-state index contributed by atoms with van der Waals surface area (Å²) in [5.74, 6) is -2.20. The maximum atomic E-state index is 14.6. The molecule has 1 unspecified atom stereocenters. The molecular weight excluding hydrogens is 438 g/mol. The number of nitrogens with one attached hydrogen (secondary N) is 2. The van der Waals surface area contributed by atoms with E-state index in [0.29, 0.717) is 29.7 Å². The van der Waals surface area contributed by atoms with Crippen LogP contribution in [0.4, 0.5) is 17.6 Å². The highest BCUT2D eigenvalue weighted by Crippen LogP contribution is 2.37. The molecular formula is C24H23F4N3O2. The Balaban J connectivity index is 1.71. The number of carbonyl (C=O) groups is 2. The number of halogens is 4. The van der Waals surface area contributed by atoms with Gasteiger partial charge in [-0.25, -0.2) is 23.0 Å². The first-order valence-electron chi connectivity index (χ1n) is 10.6. The fourth-order valence-corrected chi connectivity index (χ4v) is 4.31. The number of fused-ring (bicyclic) bond motifs is 1. The molecule has 9 heteroatoms. The van der Waals surface area contributed by atoms with Gasteiger partial charge in [-0.3, -0.25) is 9.59 Å². The van der Waals surface area contributed by atoms with E-state index in [1.807, 2.05) is 0 Å². The lowest BCUT2D eigenvalue weighted by Crippen LogP contribution is -2.45. The second kappa shape index (κ2) is 9.35. The normalized spacial score (nSPS) is 18.8. The van der Waals surface area contributed by atoms with Gasteiger partial charge in [0.25, 0.3) is 12.3 Å². The summed E-state index contributed by atoms with van der Waals surface area (Å²) in [7, 11) is 0. The van der Waals surface area contributed by atoms with Crippen molar-refractivity contribution in [3.05, 3.63) is 76.5 Å². The summed E-state index contributed by atoms with van der Waals surface area (Å²) in [6.45, 7) is 0.872. The summed E-state index contributed by atoms with van der Waals surface area (Å²) >= 11 is 0. The van der Waals surface area contributed by atoms with Gasteiger partial charge in [0.15, 0.2) is 0 Å². The van der Waals surface area contributed by atoms with Crippen molar-refractivity contribution in [1.82, 2.24) is 15.8 Å². The largest absolute Gasteiger partial charge is 0.344 e. The standard InChI is InChI=1S/C24H23F4N3O2/c1-13-22(16-6-3-7-19(26)18(16)12-31(13)29-11-21(27)28)24(33)30-23(17-8-9-20(17)32)14-4-2-5-15(25)10-14/h2-7,10,17,21,23,29H,8-9,11-12H2,1H3,(H,30,33)/t17?,23-/m1/s1. The smallest absolute Gasteiger partial charge is 0.254 e. The Labute approximate surface area is 188 Å². The van der Waals surface area contributed by atoms with Crippen LogP contribution in [0.5, 0.6) is 0 Å². The van der Waals surface area contributed by atoms with Crippen molar-refractivity contribution in [3.63, 3.8) is 0 Å². The molecule has 174 valence electrons. The summed E-state index contributed by atoms with van der Waals surface area (Å²) in [6, 6.07) is 9.19. The van der Waals surface area contributed by atoms with E-state index in [1.54, 1.807) is 19.1 Å². The van der Waals surface area contributed by atoms with Gasteiger partial charge in [-0.15, -0.1) is 0 Å². The molecule has 33 heavy (non-hydrogen) atoms. The molecule has 0 spiro atoms. The summed E-state index contributed by atoms with van der Waals surface area (Å²) < 4.78 is 54.0. The van der Waals surface area contributed by atoms with Gasteiger partial charge >= 0.3 is 0 Å². The molecule has 1 aliphatic heterocycles. The predicted octanol–water partition coefficient (Wildman–Crippen LogP) is 4.12. The van der Waals surface area contributed by atoms with Crippen LogP contribution in [-0.2, 0) is 16.1 Å². The van der Waals surface area contributed by atoms with E-state index in [1.165, 1.54) is 35.3 Å². The summed E-state index contributed by atoms with van der Waals surface area (Å²) in [5, 5.41) is 4.15. The van der Waals surface area contributed by atoms with E-state index >= 15 is 0 Å². The number of rotatable bonds is 7. The monoisotopic (exact) mass is 461 g/mol. The number of allylic oxidation sites excluding steroid dienone is 1. The maximum Gasteiger partial charge on any atom is 0.254 e. The second-order valence-corrected chi connectivity index (χ2v) is 8.18. The number of alkyl halides is 2. The fourth-order valence-electron chi connectivity index (χ4n) is 4.31. The lowest BCUT2D eigenvalue weighted by atomic mass is 9.75. The van der Waals surface area contributed by atoms with Gasteiger partial charge in [-0.2, -0.15) is 0 Å². The topological polar surface area (TPSA) is 61.4 Å². The lowest BCUT2D eigenvalue weighted by Gasteiger charge is -2.36. The van der Waals surface area contributed by atoms with E-state index < -0.39 is 42.5 Å². The summed E-state index contributed by atoms with van der Waals surface area (Å²) in [5.41, 5.74) is 3.97. The number of hydrazine groups is 1. The van der Waals surface area contributed by atoms with E-state index in [4.69, 9.17) is 0 Å². The van der Waals surface area contributed by atoms with E-state index in [9.17, 15) is 27.2 Å². The number of Topliss-reactive ketones (excluding diaryl/α,β-unsaturated/α-hetero) is 1. The molecule has 2 N–H and O–H groups in total. The van der Waals surface area contributed by atoms with Crippen LogP contribution in [0.25, 0.3) is 5.57 Å². The molecule has 1 heterocycles. The molecule has 5 nitrogen and oxygen atoms in total. The zero-order valence-corrected chi connectivity index (χ0v) is 17.9. The van der Waals surface area contributed by atoms with Crippen molar-refractivity contribution in [2.75, 3.05) is 6.54 Å². The lowest BCUT2D eigenvalue weighted by molar-refractivity contribution is -0.131. The van der Waals surface area contributed by atoms with Crippen LogP contribution in [0.15, 0.2) is 48.2 Å². The van der Waals surface area contributed by atoms with Crippen molar-refractivity contribution >= 4 is 17.3 Å². The van der Waals surface area contributed by atoms with E-state index in [2.05, 4.69) is 10.7 Å². The summed E-state index contributed by atoms with van der Waals surface area (Å²) in [4.78, 5) is 25.7. The average molecular weight is 461 g/mol. The van der Waals surface area contributed by atoms with Crippen LogP contribution in [-0.4, -0.2) is 29.7 Å². The van der Waals surface area contributed by atoms with Crippen LogP contribution >= 0.6 is 0 Å². The van der Waals surface area contributed by atoms with Gasteiger partial charge in [0, 0.05) is 23.6 Å². The number of nitrogens with zero attached hydrogens (tertiary/aromatic N) is 1. The maximum absolute atomic E-state index is 14.6. The number of hydrogen-bond donors (Lipinski definition) is 2. The highest BCUT2D eigenvalue weighted by atomic mass is 19.3. The minimum Gasteiger partial charge on any atom is -0.344 e. The Morgan fingerprint density at radius 1 is 1.18 bits per heavy atom. The van der Waals surface area contributed by atoms with Crippen molar-refractivity contribution < 1.29 is 27.2 Å². The van der Waals surface area contributed by atoms with Gasteiger partial charge in [0.2, 0.25) is 0 Å². The molecule has 2 atom stereocenters. The van der Waals surface area contributed by atoms with Crippen molar-refractivity contribution in [2.45, 2.75) is 38.8 Å². The molecule has 1 aliphatic carbocycles. The van der Waals surface area contributed by atoms with Crippen molar-refractivity contribution in [1.29, 1.82) is 0 Å². The molecule has 1 amide bonds. The van der Waals surface area contributed by atoms with Crippen LogP contribution in [0.1, 0.15) is 42.5 Å². The molecule has 4 rings (SSSR count). The third-order valence-electron chi connectivity index (χ3n) is 6.15. The Hall–Kier alpha value is -3.20. The Kier molecular flexibility index (Phi) is 6.51. The van der Waals surface area contributed by atoms with Gasteiger partial charge in [-0.05, 0) is 42.7 Å². The van der Waals surface area contributed by atoms with Crippen molar-refractivity contribution in [3.8, 4) is 0 Å².